The maximum absolute atomic E-state index is 12.5. The SMILES string of the molecule is O=C(NCCCCN1CCN(c2ccc3ccccc3n2)CC1)N1CCN(c2ccccc2)CC1. The molecule has 0 saturated carbocycles. The normalized spacial score (nSPS) is 17.1. The highest BCUT2D eigenvalue weighted by atomic mass is 16.2. The molecule has 2 aromatic carbocycles. The van der Waals surface area contributed by atoms with Crippen LogP contribution in [-0.4, -0.2) is 86.3 Å². The molecule has 3 heterocycles. The number of carbonyl (C=O) groups excluding carboxylic acids is 1. The van der Waals surface area contributed by atoms with E-state index in [4.69, 9.17) is 4.98 Å². The number of anilines is 2. The van der Waals surface area contributed by atoms with E-state index < -0.39 is 0 Å². The number of urea groups is 1. The van der Waals surface area contributed by atoms with Crippen LogP contribution < -0.4 is 15.1 Å². The number of unbranched alkanes of at least 4 members (excludes halogenated alkanes) is 1. The first-order valence-corrected chi connectivity index (χ1v) is 12.9. The second-order valence-electron chi connectivity index (χ2n) is 9.44. The summed E-state index contributed by atoms with van der Waals surface area (Å²) >= 11 is 0. The van der Waals surface area contributed by atoms with E-state index >= 15 is 0 Å². The van der Waals surface area contributed by atoms with E-state index in [1.54, 1.807) is 0 Å². The van der Waals surface area contributed by atoms with Crippen LogP contribution in [-0.2, 0) is 0 Å². The topological polar surface area (TPSA) is 55.0 Å². The number of nitrogens with zero attached hydrogens (tertiary/aromatic N) is 5. The molecular weight excluding hydrogens is 436 g/mol. The van der Waals surface area contributed by atoms with Crippen molar-refractivity contribution in [1.82, 2.24) is 20.1 Å². The minimum Gasteiger partial charge on any atom is -0.368 e. The summed E-state index contributed by atoms with van der Waals surface area (Å²) in [5, 5.41) is 4.31. The van der Waals surface area contributed by atoms with Crippen LogP contribution in [0.5, 0.6) is 0 Å². The minimum atomic E-state index is 0.0780. The Morgan fingerprint density at radius 2 is 1.46 bits per heavy atom. The van der Waals surface area contributed by atoms with Gasteiger partial charge in [-0.3, -0.25) is 4.90 Å². The molecule has 2 fully saturated rings. The highest BCUT2D eigenvalue weighted by Gasteiger charge is 2.21. The molecule has 0 unspecified atom stereocenters. The lowest BCUT2D eigenvalue weighted by Crippen LogP contribution is -2.52. The van der Waals surface area contributed by atoms with Crippen molar-refractivity contribution in [3.8, 4) is 0 Å². The van der Waals surface area contributed by atoms with Crippen LogP contribution >= 0.6 is 0 Å². The smallest absolute Gasteiger partial charge is 0.317 e. The van der Waals surface area contributed by atoms with Gasteiger partial charge in [0, 0.05) is 70.0 Å². The Morgan fingerprint density at radius 3 is 2.26 bits per heavy atom. The van der Waals surface area contributed by atoms with Gasteiger partial charge in [-0.2, -0.15) is 0 Å². The number of carbonyl (C=O) groups is 1. The lowest BCUT2D eigenvalue weighted by Gasteiger charge is -2.36. The largest absolute Gasteiger partial charge is 0.368 e. The van der Waals surface area contributed by atoms with Gasteiger partial charge in [-0.1, -0.05) is 36.4 Å². The van der Waals surface area contributed by atoms with Crippen LogP contribution in [0, 0.1) is 0 Å². The van der Waals surface area contributed by atoms with Gasteiger partial charge in [0.05, 0.1) is 5.52 Å². The van der Waals surface area contributed by atoms with Gasteiger partial charge in [0.15, 0.2) is 0 Å². The third-order valence-corrected chi connectivity index (χ3v) is 7.15. The van der Waals surface area contributed by atoms with Crippen molar-refractivity contribution < 1.29 is 4.79 Å². The van der Waals surface area contributed by atoms with E-state index in [2.05, 4.69) is 74.6 Å². The van der Waals surface area contributed by atoms with Crippen molar-refractivity contribution in [3.05, 3.63) is 66.7 Å². The molecule has 35 heavy (non-hydrogen) atoms. The Hall–Kier alpha value is -3.32. The van der Waals surface area contributed by atoms with Gasteiger partial charge in [0.25, 0.3) is 0 Å². The van der Waals surface area contributed by atoms with E-state index in [1.165, 1.54) is 11.1 Å². The summed E-state index contributed by atoms with van der Waals surface area (Å²) in [5.74, 6) is 1.08. The number of benzene rings is 2. The summed E-state index contributed by atoms with van der Waals surface area (Å²) in [6, 6.07) is 23.1. The molecule has 0 aliphatic carbocycles. The van der Waals surface area contributed by atoms with Crippen LogP contribution in [0.4, 0.5) is 16.3 Å². The van der Waals surface area contributed by atoms with Crippen molar-refractivity contribution in [2.45, 2.75) is 12.8 Å². The molecule has 5 rings (SSSR count). The van der Waals surface area contributed by atoms with Gasteiger partial charge in [0.2, 0.25) is 0 Å². The number of piperazine rings is 2. The van der Waals surface area contributed by atoms with Gasteiger partial charge in [-0.05, 0) is 49.7 Å². The first-order chi connectivity index (χ1) is 17.3. The van der Waals surface area contributed by atoms with Gasteiger partial charge in [-0.25, -0.2) is 9.78 Å². The summed E-state index contributed by atoms with van der Waals surface area (Å²) in [5.41, 5.74) is 2.30. The van der Waals surface area contributed by atoms with E-state index in [9.17, 15) is 4.79 Å². The average Bonchev–Trinajstić information content (AvgIpc) is 2.93. The molecule has 2 aliphatic rings. The summed E-state index contributed by atoms with van der Waals surface area (Å²) in [4.78, 5) is 26.6. The number of nitrogens with one attached hydrogen (secondary N) is 1. The molecule has 2 saturated heterocycles. The van der Waals surface area contributed by atoms with E-state index in [-0.39, 0.29) is 6.03 Å². The highest BCUT2D eigenvalue weighted by molar-refractivity contribution is 5.80. The second kappa shape index (κ2) is 11.4. The maximum atomic E-state index is 12.5. The van der Waals surface area contributed by atoms with Crippen molar-refractivity contribution in [2.24, 2.45) is 0 Å². The number of hydrogen-bond acceptors (Lipinski definition) is 5. The molecule has 7 heteroatoms. The standard InChI is InChI=1S/C28H36N6O/c35-28(34-22-20-32(21-23-34)25-9-2-1-3-10-25)29-14-6-7-15-31-16-18-33(19-17-31)27-13-12-24-8-4-5-11-26(24)30-27/h1-5,8-13H,6-7,14-23H2,(H,29,35). The predicted molar refractivity (Wildman–Crippen MR) is 143 cm³/mol. The Labute approximate surface area is 208 Å². The molecule has 1 aromatic heterocycles. The lowest BCUT2D eigenvalue weighted by atomic mass is 10.2. The number of amides is 2. The summed E-state index contributed by atoms with van der Waals surface area (Å²) < 4.78 is 0. The summed E-state index contributed by atoms with van der Waals surface area (Å²) in [6.07, 6.45) is 2.12. The Morgan fingerprint density at radius 1 is 0.743 bits per heavy atom. The molecule has 1 N–H and O–H groups in total. The molecule has 2 amide bonds. The molecule has 0 bridgehead atoms. The van der Waals surface area contributed by atoms with Crippen molar-refractivity contribution in [2.75, 3.05) is 75.2 Å². The zero-order valence-corrected chi connectivity index (χ0v) is 20.5. The van der Waals surface area contributed by atoms with Crippen molar-refractivity contribution in [1.29, 1.82) is 0 Å². The number of aromatic nitrogens is 1. The van der Waals surface area contributed by atoms with Crippen LogP contribution in [0.25, 0.3) is 10.9 Å². The molecule has 7 nitrogen and oxygen atoms in total. The first-order valence-electron chi connectivity index (χ1n) is 12.9. The fraction of sp³-hybridized carbons (Fsp3) is 0.429. The molecule has 2 aliphatic heterocycles. The van der Waals surface area contributed by atoms with E-state index in [0.717, 1.165) is 89.6 Å². The molecular formula is C28H36N6O. The monoisotopic (exact) mass is 472 g/mol. The van der Waals surface area contributed by atoms with Gasteiger partial charge < -0.3 is 20.0 Å². The Kier molecular flexibility index (Phi) is 7.63. The lowest BCUT2D eigenvalue weighted by molar-refractivity contribution is 0.193. The quantitative estimate of drug-likeness (QED) is 0.532. The predicted octanol–water partition coefficient (Wildman–Crippen LogP) is 3.67. The van der Waals surface area contributed by atoms with Crippen LogP contribution in [0.3, 0.4) is 0 Å². The summed E-state index contributed by atoms with van der Waals surface area (Å²) in [7, 11) is 0. The Bertz CT molecular complexity index is 1090. The van der Waals surface area contributed by atoms with Gasteiger partial charge in [-0.15, -0.1) is 0 Å². The average molecular weight is 473 g/mol. The minimum absolute atomic E-state index is 0.0780. The summed E-state index contributed by atoms with van der Waals surface area (Å²) in [6.45, 7) is 9.31. The zero-order chi connectivity index (χ0) is 23.9. The number of hydrogen-bond donors (Lipinski definition) is 1. The molecule has 0 spiro atoms. The van der Waals surface area contributed by atoms with Crippen LogP contribution in [0.1, 0.15) is 12.8 Å². The second-order valence-corrected chi connectivity index (χ2v) is 9.44. The van der Waals surface area contributed by atoms with Crippen molar-refractivity contribution >= 4 is 28.4 Å². The van der Waals surface area contributed by atoms with Gasteiger partial charge in [0.1, 0.15) is 5.82 Å². The molecule has 0 radical (unpaired) electrons. The molecule has 0 atom stereocenters. The highest BCUT2D eigenvalue weighted by Crippen LogP contribution is 2.19. The number of pyridine rings is 1. The third kappa shape index (κ3) is 6.03. The van der Waals surface area contributed by atoms with Gasteiger partial charge >= 0.3 is 6.03 Å². The molecule has 184 valence electrons. The van der Waals surface area contributed by atoms with E-state index in [1.807, 2.05) is 17.0 Å². The number of para-hydroxylation sites is 2. The fourth-order valence-electron chi connectivity index (χ4n) is 5.01. The number of rotatable bonds is 7. The molecule has 3 aromatic rings. The fourth-order valence-corrected chi connectivity index (χ4v) is 5.01. The zero-order valence-electron chi connectivity index (χ0n) is 20.5. The Balaban J connectivity index is 0.957. The van der Waals surface area contributed by atoms with Crippen molar-refractivity contribution in [3.63, 3.8) is 0 Å². The number of fused-ring (bicyclic) bond motifs is 1. The maximum Gasteiger partial charge on any atom is 0.317 e. The van der Waals surface area contributed by atoms with Crippen LogP contribution in [0.2, 0.25) is 0 Å². The van der Waals surface area contributed by atoms with E-state index in [0.29, 0.717) is 0 Å². The van der Waals surface area contributed by atoms with Crippen LogP contribution in [0.15, 0.2) is 66.7 Å². The third-order valence-electron chi connectivity index (χ3n) is 7.15. The first kappa shape index (κ1) is 23.4.